The van der Waals surface area contributed by atoms with Gasteiger partial charge in [0.25, 0.3) is 0 Å². The van der Waals surface area contributed by atoms with Crippen LogP contribution in [0.3, 0.4) is 0 Å². The van der Waals surface area contributed by atoms with Crippen molar-refractivity contribution in [1.82, 2.24) is 0 Å². The van der Waals surface area contributed by atoms with E-state index in [1.807, 2.05) is 6.92 Å². The minimum absolute atomic E-state index is 0.265. The molecule has 0 radical (unpaired) electrons. The second kappa shape index (κ2) is 4.65. The van der Waals surface area contributed by atoms with Crippen molar-refractivity contribution >= 4 is 6.08 Å². The van der Waals surface area contributed by atoms with Crippen LogP contribution in [0.5, 0.6) is 5.75 Å². The van der Waals surface area contributed by atoms with Crippen LogP contribution in [-0.2, 0) is 0 Å². The van der Waals surface area contributed by atoms with Crippen molar-refractivity contribution in [3.05, 3.63) is 36.2 Å². The second-order valence-corrected chi connectivity index (χ2v) is 2.73. The SMILES string of the molecule is C=Cc1cc(F)ccc1OCCC. The Morgan fingerprint density at radius 1 is 1.54 bits per heavy atom. The molecule has 0 N–H and O–H groups in total. The molecular weight excluding hydrogens is 167 g/mol. The summed E-state index contributed by atoms with van der Waals surface area (Å²) < 4.78 is 18.1. The van der Waals surface area contributed by atoms with Crippen LogP contribution >= 0.6 is 0 Å². The van der Waals surface area contributed by atoms with Crippen LogP contribution in [0.1, 0.15) is 18.9 Å². The zero-order valence-corrected chi connectivity index (χ0v) is 7.72. The summed E-state index contributed by atoms with van der Waals surface area (Å²) in [5.41, 5.74) is 0.702. The van der Waals surface area contributed by atoms with Gasteiger partial charge in [-0.2, -0.15) is 0 Å². The fourth-order valence-electron chi connectivity index (χ4n) is 1.02. The lowest BCUT2D eigenvalue weighted by atomic mass is 10.2. The molecule has 1 aromatic carbocycles. The number of hydrogen-bond acceptors (Lipinski definition) is 1. The topological polar surface area (TPSA) is 9.23 Å². The molecule has 0 saturated carbocycles. The van der Waals surface area contributed by atoms with Gasteiger partial charge in [-0.15, -0.1) is 0 Å². The molecule has 0 aliphatic carbocycles. The van der Waals surface area contributed by atoms with Gasteiger partial charge in [-0.05, 0) is 24.6 Å². The van der Waals surface area contributed by atoms with Crippen LogP contribution in [0, 0.1) is 5.82 Å². The van der Waals surface area contributed by atoms with Gasteiger partial charge in [0.2, 0.25) is 0 Å². The molecule has 0 aliphatic rings. The van der Waals surface area contributed by atoms with Crippen LogP contribution < -0.4 is 4.74 Å². The lowest BCUT2D eigenvalue weighted by Gasteiger charge is -2.07. The van der Waals surface area contributed by atoms with Gasteiger partial charge < -0.3 is 4.74 Å². The fourth-order valence-corrected chi connectivity index (χ4v) is 1.02. The van der Waals surface area contributed by atoms with Gasteiger partial charge in [0.15, 0.2) is 0 Å². The van der Waals surface area contributed by atoms with Crippen LogP contribution in [0.4, 0.5) is 4.39 Å². The van der Waals surface area contributed by atoms with Crippen molar-refractivity contribution in [3.8, 4) is 5.75 Å². The summed E-state index contributed by atoms with van der Waals surface area (Å²) in [6.07, 6.45) is 2.53. The molecule has 0 aromatic heterocycles. The van der Waals surface area contributed by atoms with E-state index in [0.717, 1.165) is 6.42 Å². The van der Waals surface area contributed by atoms with Gasteiger partial charge in [0.05, 0.1) is 6.61 Å². The summed E-state index contributed by atoms with van der Waals surface area (Å²) in [5, 5.41) is 0. The monoisotopic (exact) mass is 180 g/mol. The third kappa shape index (κ3) is 2.58. The number of ether oxygens (including phenoxy) is 1. The van der Waals surface area contributed by atoms with E-state index in [-0.39, 0.29) is 5.82 Å². The third-order valence-electron chi connectivity index (χ3n) is 1.65. The minimum atomic E-state index is -0.265. The first-order valence-corrected chi connectivity index (χ1v) is 4.32. The van der Waals surface area contributed by atoms with Gasteiger partial charge in [-0.25, -0.2) is 4.39 Å². The predicted molar refractivity (Wildman–Crippen MR) is 52.3 cm³/mol. The fraction of sp³-hybridized carbons (Fsp3) is 0.273. The zero-order chi connectivity index (χ0) is 9.68. The lowest BCUT2D eigenvalue weighted by Crippen LogP contribution is -1.96. The predicted octanol–water partition coefficient (Wildman–Crippen LogP) is 3.26. The van der Waals surface area contributed by atoms with E-state index in [9.17, 15) is 4.39 Å². The highest BCUT2D eigenvalue weighted by molar-refractivity contribution is 5.55. The maximum Gasteiger partial charge on any atom is 0.126 e. The largest absolute Gasteiger partial charge is 0.493 e. The summed E-state index contributed by atoms with van der Waals surface area (Å²) in [5.74, 6) is 0.428. The number of halogens is 1. The Morgan fingerprint density at radius 3 is 2.92 bits per heavy atom. The Labute approximate surface area is 77.8 Å². The maximum absolute atomic E-state index is 12.8. The first-order chi connectivity index (χ1) is 6.27. The molecule has 0 aliphatic heterocycles. The third-order valence-corrected chi connectivity index (χ3v) is 1.65. The second-order valence-electron chi connectivity index (χ2n) is 2.73. The van der Waals surface area contributed by atoms with Crippen molar-refractivity contribution in [1.29, 1.82) is 0 Å². The molecule has 1 rings (SSSR count). The van der Waals surface area contributed by atoms with E-state index in [2.05, 4.69) is 6.58 Å². The Balaban J connectivity index is 2.86. The Kier molecular flexibility index (Phi) is 3.50. The summed E-state index contributed by atoms with van der Waals surface area (Å²) in [6.45, 7) is 6.26. The average molecular weight is 180 g/mol. The number of rotatable bonds is 4. The van der Waals surface area contributed by atoms with Crippen molar-refractivity contribution in [2.24, 2.45) is 0 Å². The highest BCUT2D eigenvalue weighted by Gasteiger charge is 2.00. The smallest absolute Gasteiger partial charge is 0.126 e. The van der Waals surface area contributed by atoms with Crippen molar-refractivity contribution in [3.63, 3.8) is 0 Å². The minimum Gasteiger partial charge on any atom is -0.493 e. The Bertz CT molecular complexity index is 294. The molecule has 2 heteroatoms. The van der Waals surface area contributed by atoms with Crippen LogP contribution in [-0.4, -0.2) is 6.61 Å². The number of benzene rings is 1. The first kappa shape index (κ1) is 9.78. The Hall–Kier alpha value is -1.31. The standard InChI is InChI=1S/C11H13FO/c1-3-7-13-11-6-5-10(12)8-9(11)4-2/h4-6,8H,2-3,7H2,1H3. The normalized spacial score (nSPS) is 9.69. The van der Waals surface area contributed by atoms with Gasteiger partial charge in [0, 0.05) is 5.56 Å². The quantitative estimate of drug-likeness (QED) is 0.691. The molecule has 1 nitrogen and oxygen atoms in total. The zero-order valence-electron chi connectivity index (χ0n) is 7.72. The van der Waals surface area contributed by atoms with Crippen LogP contribution in [0.25, 0.3) is 6.08 Å². The van der Waals surface area contributed by atoms with Crippen LogP contribution in [0.2, 0.25) is 0 Å². The molecule has 0 fully saturated rings. The lowest BCUT2D eigenvalue weighted by molar-refractivity contribution is 0.316. The summed E-state index contributed by atoms with van der Waals surface area (Å²) in [7, 11) is 0. The molecule has 0 atom stereocenters. The van der Waals surface area contributed by atoms with Gasteiger partial charge in [-0.3, -0.25) is 0 Å². The molecule has 0 unspecified atom stereocenters. The van der Waals surface area contributed by atoms with E-state index in [1.165, 1.54) is 12.1 Å². The van der Waals surface area contributed by atoms with E-state index >= 15 is 0 Å². The molecule has 0 saturated heterocycles. The van der Waals surface area contributed by atoms with Gasteiger partial charge in [-0.1, -0.05) is 19.6 Å². The highest BCUT2D eigenvalue weighted by atomic mass is 19.1. The van der Waals surface area contributed by atoms with E-state index < -0.39 is 0 Å². The molecule has 0 heterocycles. The van der Waals surface area contributed by atoms with Crippen molar-refractivity contribution < 1.29 is 9.13 Å². The van der Waals surface area contributed by atoms with Gasteiger partial charge >= 0.3 is 0 Å². The van der Waals surface area contributed by atoms with Crippen molar-refractivity contribution in [2.45, 2.75) is 13.3 Å². The Morgan fingerprint density at radius 2 is 2.31 bits per heavy atom. The van der Waals surface area contributed by atoms with E-state index in [0.29, 0.717) is 17.9 Å². The summed E-state index contributed by atoms with van der Waals surface area (Å²) >= 11 is 0. The first-order valence-electron chi connectivity index (χ1n) is 4.32. The molecular formula is C11H13FO. The van der Waals surface area contributed by atoms with E-state index in [4.69, 9.17) is 4.74 Å². The van der Waals surface area contributed by atoms with Crippen molar-refractivity contribution in [2.75, 3.05) is 6.61 Å². The summed E-state index contributed by atoms with van der Waals surface area (Å²) in [6, 6.07) is 4.43. The average Bonchev–Trinajstić information content (AvgIpc) is 2.16. The molecule has 1 aromatic rings. The van der Waals surface area contributed by atoms with Crippen LogP contribution in [0.15, 0.2) is 24.8 Å². The van der Waals surface area contributed by atoms with E-state index in [1.54, 1.807) is 12.1 Å². The molecule has 0 spiro atoms. The highest BCUT2D eigenvalue weighted by Crippen LogP contribution is 2.20. The molecule has 0 amide bonds. The summed E-state index contributed by atoms with van der Waals surface area (Å²) in [4.78, 5) is 0. The van der Waals surface area contributed by atoms with Gasteiger partial charge in [0.1, 0.15) is 11.6 Å². The molecule has 13 heavy (non-hydrogen) atoms. The number of hydrogen-bond donors (Lipinski definition) is 0. The molecule has 0 bridgehead atoms. The molecule has 70 valence electrons. The maximum atomic E-state index is 12.8.